The summed E-state index contributed by atoms with van der Waals surface area (Å²) >= 11 is 0. The molecule has 6 nitrogen and oxygen atoms in total. The summed E-state index contributed by atoms with van der Waals surface area (Å²) in [4.78, 5) is 25.1. The SMILES string of the molecule is COc1cccc2cc(C(=O)Nc3ccc(F)c(NC(=O)C4CCCCC4)c3)oc12. The van der Waals surface area contributed by atoms with Crippen LogP contribution in [0.2, 0.25) is 0 Å². The Labute approximate surface area is 173 Å². The van der Waals surface area contributed by atoms with Gasteiger partial charge in [-0.25, -0.2) is 4.39 Å². The molecule has 7 heteroatoms. The molecular formula is C23H23FN2O4. The molecule has 2 N–H and O–H groups in total. The molecule has 3 aromatic rings. The van der Waals surface area contributed by atoms with Gasteiger partial charge in [-0.05, 0) is 43.2 Å². The second-order valence-corrected chi connectivity index (χ2v) is 7.46. The van der Waals surface area contributed by atoms with E-state index in [1.165, 1.54) is 25.3 Å². The molecule has 1 aliphatic rings. The quantitative estimate of drug-likeness (QED) is 0.594. The second-order valence-electron chi connectivity index (χ2n) is 7.46. The number of methoxy groups -OCH3 is 1. The van der Waals surface area contributed by atoms with E-state index in [4.69, 9.17) is 9.15 Å². The Balaban J connectivity index is 1.50. The third-order valence-electron chi connectivity index (χ3n) is 5.41. The molecule has 0 saturated heterocycles. The van der Waals surface area contributed by atoms with Crippen LogP contribution in [0.15, 0.2) is 46.9 Å². The van der Waals surface area contributed by atoms with Gasteiger partial charge in [0.2, 0.25) is 5.91 Å². The van der Waals surface area contributed by atoms with Gasteiger partial charge in [0.15, 0.2) is 17.1 Å². The smallest absolute Gasteiger partial charge is 0.291 e. The molecule has 2 amide bonds. The molecule has 2 aromatic carbocycles. The lowest BCUT2D eigenvalue weighted by Crippen LogP contribution is -2.25. The average molecular weight is 410 g/mol. The van der Waals surface area contributed by atoms with Crippen LogP contribution in [0, 0.1) is 11.7 Å². The number of anilines is 2. The summed E-state index contributed by atoms with van der Waals surface area (Å²) in [5.41, 5.74) is 0.882. The molecule has 0 radical (unpaired) electrons. The molecule has 0 spiro atoms. The van der Waals surface area contributed by atoms with Gasteiger partial charge >= 0.3 is 0 Å². The number of furan rings is 1. The summed E-state index contributed by atoms with van der Waals surface area (Å²) in [6.45, 7) is 0. The molecule has 4 rings (SSSR count). The van der Waals surface area contributed by atoms with Gasteiger partial charge in [-0.2, -0.15) is 0 Å². The van der Waals surface area contributed by atoms with Crippen LogP contribution in [0.25, 0.3) is 11.0 Å². The molecule has 0 unspecified atom stereocenters. The van der Waals surface area contributed by atoms with Crippen molar-refractivity contribution in [2.24, 2.45) is 5.92 Å². The van der Waals surface area contributed by atoms with Crippen LogP contribution in [-0.4, -0.2) is 18.9 Å². The third-order valence-corrected chi connectivity index (χ3v) is 5.41. The molecule has 1 heterocycles. The van der Waals surface area contributed by atoms with Gasteiger partial charge in [-0.15, -0.1) is 0 Å². The Bertz CT molecular complexity index is 1090. The predicted octanol–water partition coefficient (Wildman–Crippen LogP) is 5.35. The number of carbonyl (C=O) groups excluding carboxylic acids is 2. The van der Waals surface area contributed by atoms with Crippen molar-refractivity contribution in [1.82, 2.24) is 0 Å². The number of nitrogens with one attached hydrogen (secondary N) is 2. The molecule has 30 heavy (non-hydrogen) atoms. The van der Waals surface area contributed by atoms with E-state index < -0.39 is 11.7 Å². The fourth-order valence-electron chi connectivity index (χ4n) is 3.80. The minimum Gasteiger partial charge on any atom is -0.493 e. The first-order valence-corrected chi connectivity index (χ1v) is 10.0. The number of ether oxygens (including phenoxy) is 1. The molecule has 1 aromatic heterocycles. The van der Waals surface area contributed by atoms with Crippen molar-refractivity contribution >= 4 is 34.2 Å². The molecule has 0 atom stereocenters. The maximum absolute atomic E-state index is 14.2. The number of carbonyl (C=O) groups is 2. The third kappa shape index (κ3) is 4.15. The zero-order valence-corrected chi connectivity index (χ0v) is 16.7. The van der Waals surface area contributed by atoms with Crippen LogP contribution < -0.4 is 15.4 Å². The highest BCUT2D eigenvalue weighted by Gasteiger charge is 2.22. The van der Waals surface area contributed by atoms with Gasteiger partial charge in [-0.1, -0.05) is 31.4 Å². The van der Waals surface area contributed by atoms with Gasteiger partial charge < -0.3 is 19.8 Å². The maximum Gasteiger partial charge on any atom is 0.291 e. The van der Waals surface area contributed by atoms with E-state index in [0.717, 1.165) is 37.5 Å². The molecule has 1 fully saturated rings. The summed E-state index contributed by atoms with van der Waals surface area (Å²) in [6, 6.07) is 11.0. The number of hydrogen-bond acceptors (Lipinski definition) is 4. The van der Waals surface area contributed by atoms with Gasteiger partial charge in [0, 0.05) is 17.0 Å². The standard InChI is InChI=1S/C23H23FN2O4/c1-29-19-9-5-8-15-12-20(30-21(15)19)23(28)25-16-10-11-17(24)18(13-16)26-22(27)14-6-3-2-4-7-14/h5,8-14H,2-4,6-7H2,1H3,(H,25,28)(H,26,27). The first-order valence-electron chi connectivity index (χ1n) is 10.0. The van der Waals surface area contributed by atoms with E-state index in [2.05, 4.69) is 10.6 Å². The van der Waals surface area contributed by atoms with E-state index in [1.807, 2.05) is 6.07 Å². The van der Waals surface area contributed by atoms with Gasteiger partial charge in [-0.3, -0.25) is 9.59 Å². The molecule has 156 valence electrons. The van der Waals surface area contributed by atoms with Crippen LogP contribution in [-0.2, 0) is 4.79 Å². The number of amides is 2. The van der Waals surface area contributed by atoms with E-state index in [0.29, 0.717) is 17.0 Å². The van der Waals surface area contributed by atoms with Crippen molar-refractivity contribution in [3.63, 3.8) is 0 Å². The summed E-state index contributed by atoms with van der Waals surface area (Å²) < 4.78 is 25.1. The van der Waals surface area contributed by atoms with E-state index in [-0.39, 0.29) is 23.3 Å². The highest BCUT2D eigenvalue weighted by molar-refractivity contribution is 6.05. The van der Waals surface area contributed by atoms with Gasteiger partial charge in [0.1, 0.15) is 5.82 Å². The van der Waals surface area contributed by atoms with Crippen LogP contribution >= 0.6 is 0 Å². The van der Waals surface area contributed by atoms with E-state index in [1.54, 1.807) is 18.2 Å². The van der Waals surface area contributed by atoms with E-state index in [9.17, 15) is 14.0 Å². The molecule has 1 aliphatic carbocycles. The Morgan fingerprint density at radius 2 is 1.87 bits per heavy atom. The van der Waals surface area contributed by atoms with Crippen LogP contribution in [0.1, 0.15) is 42.7 Å². The van der Waals surface area contributed by atoms with Crippen molar-refractivity contribution in [2.45, 2.75) is 32.1 Å². The lowest BCUT2D eigenvalue weighted by atomic mass is 9.88. The number of benzene rings is 2. The highest BCUT2D eigenvalue weighted by atomic mass is 19.1. The van der Waals surface area contributed by atoms with Crippen LogP contribution in [0.3, 0.4) is 0 Å². The monoisotopic (exact) mass is 410 g/mol. The van der Waals surface area contributed by atoms with Crippen molar-refractivity contribution in [3.8, 4) is 5.75 Å². The van der Waals surface area contributed by atoms with Gasteiger partial charge in [0.25, 0.3) is 5.91 Å². The molecule has 0 bridgehead atoms. The Morgan fingerprint density at radius 1 is 1.07 bits per heavy atom. The number of fused-ring (bicyclic) bond motifs is 1. The fourth-order valence-corrected chi connectivity index (χ4v) is 3.80. The summed E-state index contributed by atoms with van der Waals surface area (Å²) in [6.07, 6.45) is 4.80. The number of rotatable bonds is 5. The molecular weight excluding hydrogens is 387 g/mol. The summed E-state index contributed by atoms with van der Waals surface area (Å²) in [5, 5.41) is 6.09. The lowest BCUT2D eigenvalue weighted by Gasteiger charge is -2.21. The van der Waals surface area contributed by atoms with Crippen molar-refractivity contribution in [3.05, 3.63) is 54.0 Å². The lowest BCUT2D eigenvalue weighted by molar-refractivity contribution is -0.120. The summed E-state index contributed by atoms with van der Waals surface area (Å²) in [7, 11) is 1.53. The zero-order chi connectivity index (χ0) is 21.1. The maximum atomic E-state index is 14.2. The fraction of sp³-hybridized carbons (Fsp3) is 0.304. The first-order chi connectivity index (χ1) is 14.5. The van der Waals surface area contributed by atoms with Gasteiger partial charge in [0.05, 0.1) is 12.8 Å². The van der Waals surface area contributed by atoms with Crippen LogP contribution in [0.4, 0.5) is 15.8 Å². The summed E-state index contributed by atoms with van der Waals surface area (Å²) in [5.74, 6) is -0.675. The average Bonchev–Trinajstić information content (AvgIpc) is 3.21. The van der Waals surface area contributed by atoms with Crippen molar-refractivity contribution in [2.75, 3.05) is 17.7 Å². The zero-order valence-electron chi connectivity index (χ0n) is 16.7. The first kappa shape index (κ1) is 19.9. The molecule has 0 aliphatic heterocycles. The minimum atomic E-state index is -0.550. The van der Waals surface area contributed by atoms with Crippen LogP contribution in [0.5, 0.6) is 5.75 Å². The van der Waals surface area contributed by atoms with Crippen molar-refractivity contribution < 1.29 is 23.1 Å². The number of para-hydroxylation sites is 1. The second kappa shape index (κ2) is 8.57. The minimum absolute atomic E-state index is 0.0506. The number of halogens is 1. The normalized spacial score (nSPS) is 14.5. The Hall–Kier alpha value is -3.35. The topological polar surface area (TPSA) is 80.6 Å². The van der Waals surface area contributed by atoms with Crippen molar-refractivity contribution in [1.29, 1.82) is 0 Å². The number of hydrogen-bond donors (Lipinski definition) is 2. The Morgan fingerprint density at radius 3 is 2.63 bits per heavy atom. The Kier molecular flexibility index (Phi) is 5.70. The van der Waals surface area contributed by atoms with E-state index >= 15 is 0 Å². The molecule has 1 saturated carbocycles. The predicted molar refractivity (Wildman–Crippen MR) is 112 cm³/mol. The largest absolute Gasteiger partial charge is 0.493 e. The highest BCUT2D eigenvalue weighted by Crippen LogP contribution is 2.30.